The molecule has 0 saturated carbocycles. The molecule has 0 radical (unpaired) electrons. The van der Waals surface area contributed by atoms with Crippen LogP contribution in [0.2, 0.25) is 0 Å². The molecule has 0 fully saturated rings. The molecular formula is C13H17NO4. The minimum absolute atomic E-state index is 0.309. The molecule has 18 heavy (non-hydrogen) atoms. The highest BCUT2D eigenvalue weighted by atomic mass is 16.7. The fourth-order valence-corrected chi connectivity index (χ4v) is 1.28. The Labute approximate surface area is 106 Å². The van der Waals surface area contributed by atoms with Crippen molar-refractivity contribution in [2.75, 3.05) is 13.7 Å². The maximum absolute atomic E-state index is 11.2. The number of methoxy groups -OCH3 is 1. The van der Waals surface area contributed by atoms with E-state index in [9.17, 15) is 4.79 Å². The molecule has 0 aromatic heterocycles. The monoisotopic (exact) mass is 251 g/mol. The maximum Gasteiger partial charge on any atom is 0.356 e. The molecule has 5 nitrogen and oxygen atoms in total. The van der Waals surface area contributed by atoms with Gasteiger partial charge < -0.3 is 14.3 Å². The Morgan fingerprint density at radius 1 is 1.33 bits per heavy atom. The van der Waals surface area contributed by atoms with Gasteiger partial charge in [-0.05, 0) is 38.1 Å². The van der Waals surface area contributed by atoms with E-state index in [0.717, 1.165) is 5.57 Å². The van der Waals surface area contributed by atoms with Crippen molar-refractivity contribution in [2.24, 2.45) is 5.90 Å². The van der Waals surface area contributed by atoms with Crippen LogP contribution < -0.4 is 15.4 Å². The molecule has 0 atom stereocenters. The Hall–Kier alpha value is -2.01. The Morgan fingerprint density at radius 3 is 2.61 bits per heavy atom. The van der Waals surface area contributed by atoms with Crippen LogP contribution in [0.15, 0.2) is 29.8 Å². The van der Waals surface area contributed by atoms with Gasteiger partial charge in [-0.15, -0.1) is 0 Å². The smallest absolute Gasteiger partial charge is 0.356 e. The van der Waals surface area contributed by atoms with Crippen LogP contribution in [-0.4, -0.2) is 19.7 Å². The lowest BCUT2D eigenvalue weighted by molar-refractivity contribution is 0.0503. The normalized spacial score (nSPS) is 9.56. The summed E-state index contributed by atoms with van der Waals surface area (Å²) in [5, 5.41) is 0. The Kier molecular flexibility index (Phi) is 5.20. The lowest BCUT2D eigenvalue weighted by Crippen LogP contribution is -2.10. The maximum atomic E-state index is 11.2. The first kappa shape index (κ1) is 14.1. The van der Waals surface area contributed by atoms with Gasteiger partial charge in [0.2, 0.25) is 0 Å². The average Bonchev–Trinajstić information content (AvgIpc) is 2.37. The lowest BCUT2D eigenvalue weighted by atomic mass is 10.2. The largest absolute Gasteiger partial charge is 0.493 e. The molecule has 0 bridgehead atoms. The topological polar surface area (TPSA) is 70.8 Å². The second-order valence-electron chi connectivity index (χ2n) is 3.86. The number of allylic oxidation sites excluding steroid dienone is 1. The summed E-state index contributed by atoms with van der Waals surface area (Å²) in [6.45, 7) is 4.42. The zero-order chi connectivity index (χ0) is 13.5. The number of hydrogen-bond donors (Lipinski definition) is 1. The number of nitrogens with two attached hydrogens (primary N) is 1. The number of rotatable bonds is 5. The van der Waals surface area contributed by atoms with E-state index in [1.807, 2.05) is 19.9 Å². The average molecular weight is 251 g/mol. The van der Waals surface area contributed by atoms with Crippen LogP contribution >= 0.6 is 0 Å². The van der Waals surface area contributed by atoms with Crippen molar-refractivity contribution in [1.82, 2.24) is 0 Å². The summed E-state index contributed by atoms with van der Waals surface area (Å²) in [6, 6.07) is 4.73. The number of benzene rings is 1. The Bertz CT molecular complexity index is 450. The molecule has 1 aromatic rings. The standard InChI is InChI=1S/C13H17NO4/c1-9(2)6-7-17-11-5-4-10(13(15)18-14)8-12(11)16-3/h4-6,8H,7,14H2,1-3H3. The van der Waals surface area contributed by atoms with Crippen LogP contribution in [0.3, 0.4) is 0 Å². The minimum atomic E-state index is -0.621. The van der Waals surface area contributed by atoms with Gasteiger partial charge >= 0.3 is 5.97 Å². The lowest BCUT2D eigenvalue weighted by Gasteiger charge is -2.10. The SMILES string of the molecule is COc1cc(C(=O)ON)ccc1OCC=C(C)C. The van der Waals surface area contributed by atoms with Gasteiger partial charge in [0, 0.05) is 0 Å². The highest BCUT2D eigenvalue weighted by Crippen LogP contribution is 2.28. The molecule has 98 valence electrons. The van der Waals surface area contributed by atoms with Gasteiger partial charge in [-0.3, -0.25) is 0 Å². The summed E-state index contributed by atoms with van der Waals surface area (Å²) in [5.41, 5.74) is 1.47. The van der Waals surface area contributed by atoms with E-state index < -0.39 is 5.97 Å². The van der Waals surface area contributed by atoms with E-state index in [1.54, 1.807) is 12.1 Å². The van der Waals surface area contributed by atoms with E-state index >= 15 is 0 Å². The summed E-state index contributed by atoms with van der Waals surface area (Å²) >= 11 is 0. The van der Waals surface area contributed by atoms with Gasteiger partial charge in [0.15, 0.2) is 11.5 Å². The Morgan fingerprint density at radius 2 is 2.06 bits per heavy atom. The predicted octanol–water partition coefficient (Wildman–Crippen LogP) is 2.07. The van der Waals surface area contributed by atoms with Crippen molar-refractivity contribution >= 4 is 5.97 Å². The second-order valence-corrected chi connectivity index (χ2v) is 3.86. The van der Waals surface area contributed by atoms with Crippen molar-refractivity contribution in [2.45, 2.75) is 13.8 Å². The quantitative estimate of drug-likeness (QED) is 0.640. The van der Waals surface area contributed by atoms with Crippen molar-refractivity contribution in [1.29, 1.82) is 0 Å². The first-order chi connectivity index (χ1) is 8.58. The van der Waals surface area contributed by atoms with Crippen LogP contribution in [0.4, 0.5) is 0 Å². The third-order valence-corrected chi connectivity index (χ3v) is 2.24. The van der Waals surface area contributed by atoms with Gasteiger partial charge in [0.25, 0.3) is 0 Å². The second kappa shape index (κ2) is 6.66. The van der Waals surface area contributed by atoms with Gasteiger partial charge in [-0.25, -0.2) is 4.79 Å². The number of carbonyl (C=O) groups is 1. The third-order valence-electron chi connectivity index (χ3n) is 2.24. The van der Waals surface area contributed by atoms with Crippen molar-refractivity contribution < 1.29 is 19.1 Å². The first-order valence-corrected chi connectivity index (χ1v) is 5.43. The van der Waals surface area contributed by atoms with Crippen LogP contribution in [0, 0.1) is 0 Å². The van der Waals surface area contributed by atoms with Gasteiger partial charge in [0.1, 0.15) is 6.61 Å². The van der Waals surface area contributed by atoms with E-state index in [1.165, 1.54) is 13.2 Å². The van der Waals surface area contributed by atoms with Crippen LogP contribution in [0.1, 0.15) is 24.2 Å². The molecule has 0 aliphatic carbocycles. The molecule has 0 aliphatic heterocycles. The van der Waals surface area contributed by atoms with Gasteiger partial charge in [-0.1, -0.05) is 5.57 Å². The summed E-state index contributed by atoms with van der Waals surface area (Å²) in [5.74, 6) is 5.21. The molecular weight excluding hydrogens is 234 g/mol. The van der Waals surface area contributed by atoms with Crippen molar-refractivity contribution in [3.8, 4) is 11.5 Å². The van der Waals surface area contributed by atoms with E-state index in [4.69, 9.17) is 15.4 Å². The van der Waals surface area contributed by atoms with Crippen molar-refractivity contribution in [3.63, 3.8) is 0 Å². The van der Waals surface area contributed by atoms with Crippen LogP contribution in [0.25, 0.3) is 0 Å². The fraction of sp³-hybridized carbons (Fsp3) is 0.308. The molecule has 0 aliphatic rings. The number of ether oxygens (including phenoxy) is 2. The predicted molar refractivity (Wildman–Crippen MR) is 67.5 cm³/mol. The van der Waals surface area contributed by atoms with Crippen LogP contribution in [0.5, 0.6) is 11.5 Å². The summed E-state index contributed by atoms with van der Waals surface area (Å²) in [4.78, 5) is 15.4. The van der Waals surface area contributed by atoms with Crippen molar-refractivity contribution in [3.05, 3.63) is 35.4 Å². The number of carbonyl (C=O) groups excluding carboxylic acids is 1. The third kappa shape index (κ3) is 3.78. The molecule has 1 rings (SSSR count). The number of hydrogen-bond acceptors (Lipinski definition) is 5. The van der Waals surface area contributed by atoms with E-state index in [2.05, 4.69) is 4.84 Å². The molecule has 0 saturated heterocycles. The minimum Gasteiger partial charge on any atom is -0.493 e. The summed E-state index contributed by atoms with van der Waals surface area (Å²) < 4.78 is 10.7. The van der Waals surface area contributed by atoms with Crippen LogP contribution in [-0.2, 0) is 4.84 Å². The molecule has 0 spiro atoms. The highest BCUT2D eigenvalue weighted by molar-refractivity contribution is 5.90. The summed E-state index contributed by atoms with van der Waals surface area (Å²) in [7, 11) is 1.50. The molecule has 1 aromatic carbocycles. The van der Waals surface area contributed by atoms with E-state index in [0.29, 0.717) is 23.7 Å². The molecule has 0 heterocycles. The molecule has 5 heteroatoms. The van der Waals surface area contributed by atoms with Gasteiger partial charge in [-0.2, -0.15) is 5.90 Å². The first-order valence-electron chi connectivity index (χ1n) is 5.43. The van der Waals surface area contributed by atoms with E-state index in [-0.39, 0.29) is 0 Å². The molecule has 0 amide bonds. The summed E-state index contributed by atoms with van der Waals surface area (Å²) in [6.07, 6.45) is 1.95. The zero-order valence-corrected chi connectivity index (χ0v) is 10.7. The Balaban J connectivity index is 2.86. The fourth-order valence-electron chi connectivity index (χ4n) is 1.28. The molecule has 0 unspecified atom stereocenters. The molecule has 2 N–H and O–H groups in total. The highest BCUT2D eigenvalue weighted by Gasteiger charge is 2.11. The zero-order valence-electron chi connectivity index (χ0n) is 10.7. The van der Waals surface area contributed by atoms with Gasteiger partial charge in [0.05, 0.1) is 12.7 Å².